The van der Waals surface area contributed by atoms with Gasteiger partial charge in [-0.05, 0) is 49.4 Å². The van der Waals surface area contributed by atoms with Crippen molar-refractivity contribution in [1.29, 1.82) is 0 Å². The molecule has 1 aliphatic rings. The van der Waals surface area contributed by atoms with Crippen LogP contribution in [0.15, 0.2) is 78.0 Å². The van der Waals surface area contributed by atoms with E-state index >= 15 is 0 Å². The maximum absolute atomic E-state index is 13.6. The molecule has 158 valence electrons. The van der Waals surface area contributed by atoms with Crippen LogP contribution in [0, 0.1) is 0 Å². The Kier molecular flexibility index (Phi) is 7.04. The van der Waals surface area contributed by atoms with E-state index in [1.807, 2.05) is 0 Å². The highest BCUT2D eigenvalue weighted by Crippen LogP contribution is 2.35. The van der Waals surface area contributed by atoms with Crippen LogP contribution in [0.3, 0.4) is 0 Å². The van der Waals surface area contributed by atoms with Gasteiger partial charge in [-0.25, -0.2) is 8.42 Å². The molecule has 0 fully saturated rings. The topological polar surface area (TPSA) is 97.4 Å². The van der Waals surface area contributed by atoms with E-state index in [-0.39, 0.29) is 24.0 Å². The van der Waals surface area contributed by atoms with Crippen LogP contribution >= 0.6 is 11.6 Å². The minimum atomic E-state index is -3.98. The third kappa shape index (κ3) is 4.62. The molecule has 1 aliphatic carbocycles. The second-order valence-electron chi connectivity index (χ2n) is 6.50. The van der Waals surface area contributed by atoms with E-state index < -0.39 is 20.8 Å². The van der Waals surface area contributed by atoms with E-state index in [0.717, 1.165) is 0 Å². The van der Waals surface area contributed by atoms with Crippen LogP contribution in [-0.2, 0) is 19.4 Å². The van der Waals surface area contributed by atoms with Gasteiger partial charge in [0.2, 0.25) is 20.7 Å². The van der Waals surface area contributed by atoms with E-state index in [9.17, 15) is 13.2 Å². The first kappa shape index (κ1) is 22.2. The Morgan fingerprint density at radius 2 is 2.00 bits per heavy atom. The molecule has 2 aromatic rings. The number of amides is 1. The highest BCUT2D eigenvalue weighted by Gasteiger charge is 2.50. The number of rotatable bonds is 8. The van der Waals surface area contributed by atoms with Gasteiger partial charge in [-0.15, -0.1) is 0 Å². The van der Waals surface area contributed by atoms with E-state index in [1.54, 1.807) is 43.5 Å². The average Bonchev–Trinajstić information content (AvgIpc) is 2.74. The Hall–Kier alpha value is -2.52. The predicted molar refractivity (Wildman–Crippen MR) is 116 cm³/mol. The number of carbonyl (C=O) groups is 1. The Morgan fingerprint density at radius 1 is 1.23 bits per heavy atom. The Labute approximate surface area is 180 Å². The standard InChI is InChI=1S/C21H22ClN3O4S/c1-2-29-21(30(27,28)18-10-8-16(22)9-11-18)12-4-3-7-19(21)24-15-20(26)25-17-6-5-13-23-14-17/h3-14,19,24H,2,15H2,1H3,(H,25,26). The van der Waals surface area contributed by atoms with Gasteiger partial charge in [0.15, 0.2) is 0 Å². The van der Waals surface area contributed by atoms with Gasteiger partial charge in [-0.1, -0.05) is 29.8 Å². The number of carbonyl (C=O) groups excluding carboxylic acids is 1. The number of sulfone groups is 1. The lowest BCUT2D eigenvalue weighted by Crippen LogP contribution is -2.57. The summed E-state index contributed by atoms with van der Waals surface area (Å²) >= 11 is 5.91. The third-order valence-electron chi connectivity index (χ3n) is 4.52. The first-order chi connectivity index (χ1) is 14.4. The van der Waals surface area contributed by atoms with Crippen LogP contribution in [0.1, 0.15) is 6.92 Å². The minimum Gasteiger partial charge on any atom is -0.354 e. The van der Waals surface area contributed by atoms with Gasteiger partial charge in [-0.3, -0.25) is 15.1 Å². The van der Waals surface area contributed by atoms with E-state index in [2.05, 4.69) is 15.6 Å². The largest absolute Gasteiger partial charge is 0.354 e. The molecule has 3 rings (SSSR count). The Morgan fingerprint density at radius 3 is 2.67 bits per heavy atom. The molecule has 0 radical (unpaired) electrons. The SMILES string of the molecule is CCOC1(S(=O)(=O)c2ccc(Cl)cc2)C=CC=CC1NCC(=O)Nc1cccnc1. The van der Waals surface area contributed by atoms with Crippen molar-refractivity contribution < 1.29 is 17.9 Å². The molecular formula is C21H22ClN3O4S. The highest BCUT2D eigenvalue weighted by atomic mass is 35.5. The van der Waals surface area contributed by atoms with Gasteiger partial charge in [0.25, 0.3) is 0 Å². The highest BCUT2D eigenvalue weighted by molar-refractivity contribution is 7.93. The Bertz CT molecular complexity index is 1040. The van der Waals surface area contributed by atoms with Crippen molar-refractivity contribution in [2.75, 3.05) is 18.5 Å². The van der Waals surface area contributed by atoms with Gasteiger partial charge < -0.3 is 10.1 Å². The fourth-order valence-corrected chi connectivity index (χ4v) is 5.17. The van der Waals surface area contributed by atoms with Crippen LogP contribution in [0.25, 0.3) is 0 Å². The first-order valence-corrected chi connectivity index (χ1v) is 11.2. The molecule has 7 nitrogen and oxygen atoms in total. The van der Waals surface area contributed by atoms with Crippen molar-refractivity contribution in [1.82, 2.24) is 10.3 Å². The maximum Gasteiger partial charge on any atom is 0.238 e. The predicted octanol–water partition coefficient (Wildman–Crippen LogP) is 2.96. The summed E-state index contributed by atoms with van der Waals surface area (Å²) in [6.07, 6.45) is 9.63. The minimum absolute atomic E-state index is 0.0758. The molecule has 1 amide bonds. The molecule has 2 unspecified atom stereocenters. The van der Waals surface area contributed by atoms with Crippen molar-refractivity contribution >= 4 is 33.0 Å². The van der Waals surface area contributed by atoms with Crippen LogP contribution in [0.4, 0.5) is 5.69 Å². The second kappa shape index (κ2) is 9.53. The zero-order chi connectivity index (χ0) is 21.6. The first-order valence-electron chi connectivity index (χ1n) is 9.32. The molecule has 9 heteroatoms. The van der Waals surface area contributed by atoms with Crippen molar-refractivity contribution in [2.24, 2.45) is 0 Å². The lowest BCUT2D eigenvalue weighted by Gasteiger charge is -2.37. The van der Waals surface area contributed by atoms with Gasteiger partial charge >= 0.3 is 0 Å². The number of pyridine rings is 1. The summed E-state index contributed by atoms with van der Waals surface area (Å²) in [6, 6.07) is 8.54. The van der Waals surface area contributed by atoms with E-state index in [1.165, 1.54) is 36.5 Å². The number of hydrogen-bond acceptors (Lipinski definition) is 6. The molecule has 1 heterocycles. The summed E-state index contributed by atoms with van der Waals surface area (Å²) in [5.74, 6) is -0.333. The van der Waals surface area contributed by atoms with Crippen LogP contribution < -0.4 is 10.6 Å². The van der Waals surface area contributed by atoms with Crippen LogP contribution in [0.5, 0.6) is 0 Å². The number of allylic oxidation sites excluding steroid dienone is 2. The van der Waals surface area contributed by atoms with Crippen molar-refractivity contribution in [3.63, 3.8) is 0 Å². The number of nitrogens with zero attached hydrogens (tertiary/aromatic N) is 1. The number of ether oxygens (including phenoxy) is 1. The molecule has 30 heavy (non-hydrogen) atoms. The van der Waals surface area contributed by atoms with Crippen molar-refractivity contribution in [3.8, 4) is 0 Å². The van der Waals surface area contributed by atoms with Gasteiger partial charge in [0.05, 0.1) is 29.4 Å². The number of anilines is 1. The number of benzene rings is 1. The van der Waals surface area contributed by atoms with E-state index in [0.29, 0.717) is 10.7 Å². The summed E-state index contributed by atoms with van der Waals surface area (Å²) in [5, 5.41) is 6.14. The summed E-state index contributed by atoms with van der Waals surface area (Å²) in [6.45, 7) is 1.76. The molecule has 0 saturated heterocycles. The molecular weight excluding hydrogens is 426 g/mol. The van der Waals surface area contributed by atoms with Crippen molar-refractivity contribution in [2.45, 2.75) is 22.8 Å². The molecule has 1 aromatic heterocycles. The zero-order valence-corrected chi connectivity index (χ0v) is 17.9. The van der Waals surface area contributed by atoms with Crippen molar-refractivity contribution in [3.05, 3.63) is 78.1 Å². The fraction of sp³-hybridized carbons (Fsp3) is 0.238. The zero-order valence-electron chi connectivity index (χ0n) is 16.3. The summed E-state index contributed by atoms with van der Waals surface area (Å²) in [7, 11) is -3.98. The quantitative estimate of drug-likeness (QED) is 0.645. The van der Waals surface area contributed by atoms with Gasteiger partial charge in [0.1, 0.15) is 0 Å². The summed E-state index contributed by atoms with van der Waals surface area (Å²) in [4.78, 5) is 14.6. The lowest BCUT2D eigenvalue weighted by molar-refractivity contribution is -0.115. The maximum atomic E-state index is 13.6. The summed E-state index contributed by atoms with van der Waals surface area (Å²) in [5.41, 5.74) is 0.549. The smallest absolute Gasteiger partial charge is 0.238 e. The van der Waals surface area contributed by atoms with Gasteiger partial charge in [-0.2, -0.15) is 0 Å². The monoisotopic (exact) mass is 447 g/mol. The molecule has 0 bridgehead atoms. The average molecular weight is 448 g/mol. The normalized spacial score (nSPS) is 20.8. The third-order valence-corrected chi connectivity index (χ3v) is 7.01. The fourth-order valence-electron chi connectivity index (χ4n) is 3.15. The number of halogens is 1. The van der Waals surface area contributed by atoms with Gasteiger partial charge in [0, 0.05) is 17.8 Å². The molecule has 2 N–H and O–H groups in total. The van der Waals surface area contributed by atoms with E-state index in [4.69, 9.17) is 16.3 Å². The number of nitrogens with one attached hydrogen (secondary N) is 2. The summed E-state index contributed by atoms with van der Waals surface area (Å²) < 4.78 is 32.9. The second-order valence-corrected chi connectivity index (χ2v) is 9.06. The van der Waals surface area contributed by atoms with Crippen LogP contribution in [0.2, 0.25) is 5.02 Å². The number of hydrogen-bond donors (Lipinski definition) is 2. The number of aromatic nitrogens is 1. The molecule has 2 atom stereocenters. The van der Waals surface area contributed by atoms with Crippen LogP contribution in [-0.4, -0.2) is 43.4 Å². The Balaban J connectivity index is 1.84. The lowest BCUT2D eigenvalue weighted by atomic mass is 10.0. The molecule has 0 spiro atoms. The molecule has 0 saturated carbocycles. The molecule has 0 aliphatic heterocycles. The molecule has 1 aromatic carbocycles.